The van der Waals surface area contributed by atoms with E-state index in [2.05, 4.69) is 5.32 Å². The molecule has 98 valence electrons. The first-order chi connectivity index (χ1) is 9.04. The van der Waals surface area contributed by atoms with Crippen molar-refractivity contribution in [3.05, 3.63) is 64.4 Å². The molecule has 0 heterocycles. The van der Waals surface area contributed by atoms with Crippen LogP contribution < -0.4 is 5.32 Å². The summed E-state index contributed by atoms with van der Waals surface area (Å²) in [6.07, 6.45) is -0.0170. The van der Waals surface area contributed by atoms with Gasteiger partial charge in [0.15, 0.2) is 0 Å². The van der Waals surface area contributed by atoms with E-state index in [4.69, 9.17) is 11.6 Å². The number of hydrogen-bond donors (Lipinski definition) is 1. The van der Waals surface area contributed by atoms with Gasteiger partial charge in [-0.2, -0.15) is 0 Å². The van der Waals surface area contributed by atoms with E-state index in [1.807, 2.05) is 31.2 Å². The Morgan fingerprint density at radius 2 is 1.89 bits per heavy atom. The minimum Gasteiger partial charge on any atom is -0.326 e. The lowest BCUT2D eigenvalue weighted by Crippen LogP contribution is -2.15. The average molecular weight is 278 g/mol. The monoisotopic (exact) mass is 277 g/mol. The summed E-state index contributed by atoms with van der Waals surface area (Å²) in [5, 5.41) is 3.04. The van der Waals surface area contributed by atoms with E-state index >= 15 is 0 Å². The molecule has 1 amide bonds. The highest BCUT2D eigenvalue weighted by Gasteiger charge is 2.09. The second-order valence-electron chi connectivity index (χ2n) is 4.33. The van der Waals surface area contributed by atoms with Crippen LogP contribution in [0, 0.1) is 12.7 Å². The van der Waals surface area contributed by atoms with E-state index in [-0.39, 0.29) is 12.3 Å². The molecule has 2 nitrogen and oxygen atoms in total. The third kappa shape index (κ3) is 3.80. The van der Waals surface area contributed by atoms with E-state index in [1.54, 1.807) is 6.07 Å². The third-order valence-electron chi connectivity index (χ3n) is 2.70. The quantitative estimate of drug-likeness (QED) is 0.904. The molecule has 0 radical (unpaired) electrons. The van der Waals surface area contributed by atoms with Crippen LogP contribution in [0.15, 0.2) is 42.5 Å². The molecular formula is C15H13ClFNO. The van der Waals surface area contributed by atoms with Crippen molar-refractivity contribution in [1.82, 2.24) is 0 Å². The van der Waals surface area contributed by atoms with Gasteiger partial charge in [0.05, 0.1) is 6.42 Å². The summed E-state index contributed by atoms with van der Waals surface area (Å²) in [6.45, 7) is 1.97. The highest BCUT2D eigenvalue weighted by Crippen LogP contribution is 2.16. The van der Waals surface area contributed by atoms with Gasteiger partial charge in [0.1, 0.15) is 5.82 Å². The molecule has 1 N–H and O–H groups in total. The Morgan fingerprint density at radius 1 is 1.21 bits per heavy atom. The van der Waals surface area contributed by atoms with Crippen LogP contribution in [0.1, 0.15) is 11.1 Å². The standard InChI is InChI=1S/C15H13ClFNO/c1-10-2-6-13(7-3-10)18-15(19)8-11-4-5-12(16)9-14(11)17/h2-7,9H,8H2,1H3,(H,18,19). The van der Waals surface area contributed by atoms with Crippen molar-refractivity contribution in [2.45, 2.75) is 13.3 Å². The molecule has 0 aromatic heterocycles. The number of amides is 1. The van der Waals surface area contributed by atoms with Gasteiger partial charge in [-0.15, -0.1) is 0 Å². The van der Waals surface area contributed by atoms with Gasteiger partial charge in [0, 0.05) is 10.7 Å². The molecule has 2 rings (SSSR count). The molecular weight excluding hydrogens is 265 g/mol. The van der Waals surface area contributed by atoms with Crippen molar-refractivity contribution in [3.63, 3.8) is 0 Å². The highest BCUT2D eigenvalue weighted by molar-refractivity contribution is 6.30. The third-order valence-corrected chi connectivity index (χ3v) is 2.94. The normalized spacial score (nSPS) is 10.3. The maximum Gasteiger partial charge on any atom is 0.228 e. The highest BCUT2D eigenvalue weighted by atomic mass is 35.5. The van der Waals surface area contributed by atoms with Gasteiger partial charge in [-0.25, -0.2) is 4.39 Å². The van der Waals surface area contributed by atoms with Crippen molar-refractivity contribution in [2.24, 2.45) is 0 Å². The average Bonchev–Trinajstić information content (AvgIpc) is 2.36. The lowest BCUT2D eigenvalue weighted by atomic mass is 10.1. The Balaban J connectivity index is 2.03. The predicted molar refractivity (Wildman–Crippen MR) is 74.9 cm³/mol. The fraction of sp³-hybridized carbons (Fsp3) is 0.133. The Bertz CT molecular complexity index is 596. The number of benzene rings is 2. The minimum atomic E-state index is -0.466. The van der Waals surface area contributed by atoms with Gasteiger partial charge in [-0.3, -0.25) is 4.79 Å². The molecule has 0 unspecified atom stereocenters. The molecule has 0 spiro atoms. The molecule has 0 saturated carbocycles. The van der Waals surface area contributed by atoms with Crippen LogP contribution in [0.3, 0.4) is 0 Å². The van der Waals surface area contributed by atoms with Crippen molar-refractivity contribution in [3.8, 4) is 0 Å². The smallest absolute Gasteiger partial charge is 0.228 e. The Morgan fingerprint density at radius 3 is 2.53 bits per heavy atom. The molecule has 0 aliphatic carbocycles. The van der Waals surface area contributed by atoms with Crippen LogP contribution in [0.5, 0.6) is 0 Å². The van der Waals surface area contributed by atoms with Crippen LogP contribution in [0.25, 0.3) is 0 Å². The summed E-state index contributed by atoms with van der Waals surface area (Å²) in [7, 11) is 0. The maximum absolute atomic E-state index is 13.5. The second kappa shape index (κ2) is 5.85. The molecule has 4 heteroatoms. The molecule has 2 aromatic carbocycles. The largest absolute Gasteiger partial charge is 0.326 e. The number of anilines is 1. The Hall–Kier alpha value is -1.87. The van der Waals surface area contributed by atoms with E-state index in [1.165, 1.54) is 12.1 Å². The van der Waals surface area contributed by atoms with Crippen molar-refractivity contribution < 1.29 is 9.18 Å². The predicted octanol–water partition coefficient (Wildman–Crippen LogP) is 3.97. The lowest BCUT2D eigenvalue weighted by molar-refractivity contribution is -0.115. The van der Waals surface area contributed by atoms with Gasteiger partial charge >= 0.3 is 0 Å². The van der Waals surface area contributed by atoms with E-state index in [9.17, 15) is 9.18 Å². The number of rotatable bonds is 3. The first-order valence-electron chi connectivity index (χ1n) is 5.85. The van der Waals surface area contributed by atoms with Gasteiger partial charge in [-0.05, 0) is 36.8 Å². The summed E-state index contributed by atoms with van der Waals surface area (Å²) < 4.78 is 13.5. The summed E-state index contributed by atoms with van der Waals surface area (Å²) in [4.78, 5) is 11.8. The Kier molecular flexibility index (Phi) is 4.17. The van der Waals surface area contributed by atoms with Gasteiger partial charge < -0.3 is 5.32 Å². The fourth-order valence-corrected chi connectivity index (χ4v) is 1.84. The number of halogens is 2. The van der Waals surface area contributed by atoms with E-state index in [0.717, 1.165) is 5.56 Å². The molecule has 0 bridgehead atoms. The molecule has 0 aliphatic heterocycles. The zero-order chi connectivity index (χ0) is 13.8. The first-order valence-corrected chi connectivity index (χ1v) is 6.23. The summed E-state index contributed by atoms with van der Waals surface area (Å²) in [5.74, 6) is -0.725. The van der Waals surface area contributed by atoms with Crippen molar-refractivity contribution in [1.29, 1.82) is 0 Å². The van der Waals surface area contributed by atoms with E-state index < -0.39 is 5.82 Å². The zero-order valence-corrected chi connectivity index (χ0v) is 11.2. The van der Waals surface area contributed by atoms with E-state index in [0.29, 0.717) is 16.3 Å². The number of aryl methyl sites for hydroxylation is 1. The lowest BCUT2D eigenvalue weighted by Gasteiger charge is -2.06. The number of carbonyl (C=O) groups excluding carboxylic acids is 1. The van der Waals surface area contributed by atoms with Crippen LogP contribution in [-0.4, -0.2) is 5.91 Å². The summed E-state index contributed by atoms with van der Waals surface area (Å²) in [5.41, 5.74) is 2.14. The zero-order valence-electron chi connectivity index (χ0n) is 10.4. The summed E-state index contributed by atoms with van der Waals surface area (Å²) in [6, 6.07) is 11.7. The molecule has 0 aliphatic rings. The van der Waals surface area contributed by atoms with Crippen LogP contribution in [-0.2, 0) is 11.2 Å². The summed E-state index contributed by atoms with van der Waals surface area (Å²) >= 11 is 5.66. The number of hydrogen-bond acceptors (Lipinski definition) is 1. The van der Waals surface area contributed by atoms with Gasteiger partial charge in [0.2, 0.25) is 5.91 Å². The molecule has 2 aromatic rings. The molecule has 0 atom stereocenters. The van der Waals surface area contributed by atoms with Crippen LogP contribution in [0.2, 0.25) is 5.02 Å². The fourth-order valence-electron chi connectivity index (χ4n) is 1.68. The Labute approximate surface area is 116 Å². The van der Waals surface area contributed by atoms with Crippen LogP contribution >= 0.6 is 11.6 Å². The minimum absolute atomic E-state index is 0.0170. The molecule has 0 saturated heterocycles. The van der Waals surface area contributed by atoms with Gasteiger partial charge in [-0.1, -0.05) is 35.4 Å². The maximum atomic E-state index is 13.5. The van der Waals surface area contributed by atoms with Crippen molar-refractivity contribution >= 4 is 23.2 Å². The molecule has 0 fully saturated rings. The second-order valence-corrected chi connectivity index (χ2v) is 4.76. The van der Waals surface area contributed by atoms with Crippen LogP contribution in [0.4, 0.5) is 10.1 Å². The number of nitrogens with one attached hydrogen (secondary N) is 1. The van der Waals surface area contributed by atoms with Crippen molar-refractivity contribution in [2.75, 3.05) is 5.32 Å². The molecule has 19 heavy (non-hydrogen) atoms. The number of carbonyl (C=O) groups is 1. The first kappa shape index (κ1) is 13.6. The SMILES string of the molecule is Cc1ccc(NC(=O)Cc2ccc(Cl)cc2F)cc1. The van der Waals surface area contributed by atoms with Gasteiger partial charge in [0.25, 0.3) is 0 Å². The topological polar surface area (TPSA) is 29.1 Å².